The molecule has 7 heteroatoms. The van der Waals surface area contributed by atoms with Gasteiger partial charge in [0.25, 0.3) is 0 Å². The number of carbonyl (C=O) groups is 2. The van der Waals surface area contributed by atoms with Gasteiger partial charge in [0.1, 0.15) is 11.9 Å². The predicted molar refractivity (Wildman–Crippen MR) is 97.7 cm³/mol. The van der Waals surface area contributed by atoms with Crippen LogP contribution in [-0.4, -0.2) is 41.2 Å². The van der Waals surface area contributed by atoms with Crippen LogP contribution in [-0.2, 0) is 6.54 Å². The van der Waals surface area contributed by atoms with Crippen LogP contribution < -0.4 is 10.1 Å². The molecule has 2 N–H and O–H groups in total. The number of amides is 2. The Balaban J connectivity index is 1.47. The Morgan fingerprint density at radius 2 is 2.00 bits per heavy atom. The van der Waals surface area contributed by atoms with Crippen molar-refractivity contribution >= 4 is 23.6 Å². The summed E-state index contributed by atoms with van der Waals surface area (Å²) >= 11 is 5.95. The SMILES string of the molecule is O=C(O)c1ccc(CNC(=O)N2CCC(Oc3cccc(Cl)c3)C2)cc1. The van der Waals surface area contributed by atoms with Crippen LogP contribution in [0.4, 0.5) is 4.79 Å². The number of carboxylic acid groups (broad SMARTS) is 1. The Kier molecular flexibility index (Phi) is 5.63. The van der Waals surface area contributed by atoms with E-state index < -0.39 is 5.97 Å². The van der Waals surface area contributed by atoms with Gasteiger partial charge in [0.15, 0.2) is 0 Å². The lowest BCUT2D eigenvalue weighted by Crippen LogP contribution is -2.39. The average Bonchev–Trinajstić information content (AvgIpc) is 3.08. The fraction of sp³-hybridized carbons (Fsp3) is 0.263. The number of carbonyl (C=O) groups excluding carboxylic acids is 1. The van der Waals surface area contributed by atoms with Crippen LogP contribution in [0.5, 0.6) is 5.75 Å². The van der Waals surface area contributed by atoms with Crippen molar-refractivity contribution in [2.24, 2.45) is 0 Å². The summed E-state index contributed by atoms with van der Waals surface area (Å²) in [5, 5.41) is 12.3. The monoisotopic (exact) mass is 374 g/mol. The number of benzene rings is 2. The van der Waals surface area contributed by atoms with Gasteiger partial charge in [0.2, 0.25) is 0 Å². The summed E-state index contributed by atoms with van der Waals surface area (Å²) in [7, 11) is 0. The summed E-state index contributed by atoms with van der Waals surface area (Å²) in [5.74, 6) is -0.272. The van der Waals surface area contributed by atoms with Gasteiger partial charge in [-0.05, 0) is 35.9 Å². The van der Waals surface area contributed by atoms with Crippen LogP contribution in [0.15, 0.2) is 48.5 Å². The minimum atomic E-state index is -0.969. The third-order valence-electron chi connectivity index (χ3n) is 4.18. The second-order valence-electron chi connectivity index (χ2n) is 6.09. The van der Waals surface area contributed by atoms with Gasteiger partial charge < -0.3 is 20.1 Å². The molecule has 2 aromatic rings. The Labute approximate surface area is 156 Å². The van der Waals surface area contributed by atoms with E-state index in [4.69, 9.17) is 21.4 Å². The van der Waals surface area contributed by atoms with Crippen molar-refractivity contribution in [2.75, 3.05) is 13.1 Å². The number of carboxylic acids is 1. The van der Waals surface area contributed by atoms with Gasteiger partial charge in [-0.25, -0.2) is 9.59 Å². The van der Waals surface area contributed by atoms with E-state index in [0.29, 0.717) is 30.4 Å². The van der Waals surface area contributed by atoms with Crippen molar-refractivity contribution in [1.82, 2.24) is 10.2 Å². The standard InChI is InChI=1S/C19H19ClN2O4/c20-15-2-1-3-16(10-15)26-17-8-9-22(12-17)19(25)21-11-13-4-6-14(7-5-13)18(23)24/h1-7,10,17H,8-9,11-12H2,(H,21,25)(H,23,24). The van der Waals surface area contributed by atoms with Crippen LogP contribution in [0.3, 0.4) is 0 Å². The molecular weight excluding hydrogens is 356 g/mol. The molecule has 1 aliphatic rings. The molecule has 136 valence electrons. The van der Waals surface area contributed by atoms with Crippen molar-refractivity contribution in [1.29, 1.82) is 0 Å². The molecule has 0 bridgehead atoms. The summed E-state index contributed by atoms with van der Waals surface area (Å²) in [6.07, 6.45) is 0.696. The molecule has 1 unspecified atom stereocenters. The molecule has 2 aromatic carbocycles. The zero-order valence-corrected chi connectivity index (χ0v) is 14.8. The van der Waals surface area contributed by atoms with Gasteiger partial charge in [-0.1, -0.05) is 29.8 Å². The topological polar surface area (TPSA) is 78.9 Å². The molecule has 26 heavy (non-hydrogen) atoms. The summed E-state index contributed by atoms with van der Waals surface area (Å²) < 4.78 is 5.87. The summed E-state index contributed by atoms with van der Waals surface area (Å²) in [6, 6.07) is 13.5. The lowest BCUT2D eigenvalue weighted by Gasteiger charge is -2.18. The molecule has 1 heterocycles. The predicted octanol–water partition coefficient (Wildman–Crippen LogP) is 3.40. The number of urea groups is 1. The smallest absolute Gasteiger partial charge is 0.335 e. The Morgan fingerprint density at radius 1 is 1.23 bits per heavy atom. The molecule has 0 spiro atoms. The highest BCUT2D eigenvalue weighted by atomic mass is 35.5. The number of hydrogen-bond donors (Lipinski definition) is 2. The quantitative estimate of drug-likeness (QED) is 0.840. The summed E-state index contributed by atoms with van der Waals surface area (Å²) in [4.78, 5) is 24.8. The zero-order chi connectivity index (χ0) is 18.5. The Bertz CT molecular complexity index is 794. The van der Waals surface area contributed by atoms with Gasteiger partial charge in [0, 0.05) is 24.5 Å². The molecule has 6 nitrogen and oxygen atoms in total. The van der Waals surface area contributed by atoms with Gasteiger partial charge in [-0.15, -0.1) is 0 Å². The molecule has 2 amide bonds. The third kappa shape index (κ3) is 4.67. The van der Waals surface area contributed by atoms with E-state index in [-0.39, 0.29) is 17.7 Å². The van der Waals surface area contributed by atoms with Crippen LogP contribution >= 0.6 is 11.6 Å². The lowest BCUT2D eigenvalue weighted by molar-refractivity contribution is 0.0697. The lowest BCUT2D eigenvalue weighted by atomic mass is 10.1. The van der Waals surface area contributed by atoms with Gasteiger partial charge in [-0.3, -0.25) is 0 Å². The normalized spacial score (nSPS) is 16.3. The second kappa shape index (κ2) is 8.10. The van der Waals surface area contributed by atoms with E-state index in [2.05, 4.69) is 5.32 Å². The number of halogens is 1. The van der Waals surface area contributed by atoms with Crippen molar-refractivity contribution < 1.29 is 19.4 Å². The summed E-state index contributed by atoms with van der Waals surface area (Å²) in [5.41, 5.74) is 1.06. The first kappa shape index (κ1) is 18.1. The van der Waals surface area contributed by atoms with E-state index in [1.54, 1.807) is 29.2 Å². The average molecular weight is 375 g/mol. The van der Waals surface area contributed by atoms with Crippen molar-refractivity contribution in [2.45, 2.75) is 19.1 Å². The number of rotatable bonds is 5. The second-order valence-corrected chi connectivity index (χ2v) is 6.53. The van der Waals surface area contributed by atoms with E-state index in [9.17, 15) is 9.59 Å². The first-order valence-electron chi connectivity index (χ1n) is 8.28. The highest BCUT2D eigenvalue weighted by Gasteiger charge is 2.27. The minimum absolute atomic E-state index is 0.0610. The van der Waals surface area contributed by atoms with Gasteiger partial charge in [-0.2, -0.15) is 0 Å². The highest BCUT2D eigenvalue weighted by molar-refractivity contribution is 6.30. The fourth-order valence-electron chi connectivity index (χ4n) is 2.80. The van der Waals surface area contributed by atoms with Crippen molar-refractivity contribution in [3.63, 3.8) is 0 Å². The van der Waals surface area contributed by atoms with Gasteiger partial charge >= 0.3 is 12.0 Å². The summed E-state index contributed by atoms with van der Waals surface area (Å²) in [6.45, 7) is 1.47. The maximum atomic E-state index is 12.3. The molecule has 0 aromatic heterocycles. The van der Waals surface area contributed by atoms with Crippen LogP contribution in [0.2, 0.25) is 5.02 Å². The molecule has 1 aliphatic heterocycles. The molecule has 1 atom stereocenters. The molecule has 0 saturated carbocycles. The number of nitrogens with zero attached hydrogens (tertiary/aromatic N) is 1. The van der Waals surface area contributed by atoms with E-state index in [1.807, 2.05) is 12.1 Å². The number of aromatic carboxylic acids is 1. The zero-order valence-electron chi connectivity index (χ0n) is 14.0. The maximum Gasteiger partial charge on any atom is 0.335 e. The van der Waals surface area contributed by atoms with Crippen molar-refractivity contribution in [3.05, 3.63) is 64.7 Å². The van der Waals surface area contributed by atoms with Crippen LogP contribution in [0.1, 0.15) is 22.3 Å². The third-order valence-corrected chi connectivity index (χ3v) is 4.41. The van der Waals surface area contributed by atoms with Crippen LogP contribution in [0.25, 0.3) is 0 Å². The van der Waals surface area contributed by atoms with Gasteiger partial charge in [0.05, 0.1) is 12.1 Å². The highest BCUT2D eigenvalue weighted by Crippen LogP contribution is 2.21. The first-order chi connectivity index (χ1) is 12.5. The number of nitrogens with one attached hydrogen (secondary N) is 1. The number of ether oxygens (including phenoxy) is 1. The number of likely N-dealkylation sites (tertiary alicyclic amines) is 1. The van der Waals surface area contributed by atoms with Crippen molar-refractivity contribution in [3.8, 4) is 5.75 Å². The molecule has 0 aliphatic carbocycles. The van der Waals surface area contributed by atoms with E-state index >= 15 is 0 Å². The van der Waals surface area contributed by atoms with Crippen LogP contribution in [0, 0.1) is 0 Å². The maximum absolute atomic E-state index is 12.3. The Hall–Kier alpha value is -2.73. The number of hydrogen-bond acceptors (Lipinski definition) is 3. The van der Waals surface area contributed by atoms with E-state index in [0.717, 1.165) is 12.0 Å². The molecule has 0 radical (unpaired) electrons. The van der Waals surface area contributed by atoms with E-state index in [1.165, 1.54) is 12.1 Å². The first-order valence-corrected chi connectivity index (χ1v) is 8.66. The molecule has 3 rings (SSSR count). The Morgan fingerprint density at radius 3 is 2.69 bits per heavy atom. The fourth-order valence-corrected chi connectivity index (χ4v) is 2.98. The molecule has 1 fully saturated rings. The molecule has 1 saturated heterocycles. The molecular formula is C19H19ClN2O4. The minimum Gasteiger partial charge on any atom is -0.488 e. The largest absolute Gasteiger partial charge is 0.488 e.